The molecule has 1 amide bonds. The molecule has 0 saturated carbocycles. The second-order valence-corrected chi connectivity index (χ2v) is 7.98. The summed E-state index contributed by atoms with van der Waals surface area (Å²) in [4.78, 5) is 37.8. The van der Waals surface area contributed by atoms with Crippen LogP contribution in [-0.2, 0) is 12.8 Å². The van der Waals surface area contributed by atoms with Crippen LogP contribution in [0.2, 0.25) is 0 Å². The first-order chi connectivity index (χ1) is 14.4. The predicted octanol–water partition coefficient (Wildman–Crippen LogP) is 4.62. The fraction of sp³-hybridized carbons (Fsp3) is 0.100. The number of rotatable bonds is 4. The molecule has 0 fully saturated rings. The van der Waals surface area contributed by atoms with Crippen LogP contribution >= 0.6 is 11.3 Å². The number of benzene rings is 3. The molecule has 0 spiro atoms. The first-order valence-corrected chi connectivity index (χ1v) is 9.81. The summed E-state index contributed by atoms with van der Waals surface area (Å²) in [7, 11) is 0. The van der Waals surface area contributed by atoms with Crippen molar-refractivity contribution >= 4 is 54.7 Å². The molecule has 3 aromatic carbocycles. The molecule has 4 aromatic rings. The van der Waals surface area contributed by atoms with Gasteiger partial charge in [0, 0.05) is 17.5 Å². The third kappa shape index (κ3) is 2.85. The van der Waals surface area contributed by atoms with E-state index in [4.69, 9.17) is 0 Å². The van der Waals surface area contributed by atoms with E-state index in [1.54, 1.807) is 0 Å². The number of non-ortho nitro benzene ring substituents is 2. The topological polar surface area (TPSA) is 128 Å². The van der Waals surface area contributed by atoms with Gasteiger partial charge in [0.25, 0.3) is 17.3 Å². The van der Waals surface area contributed by atoms with E-state index in [2.05, 4.69) is 22.4 Å². The van der Waals surface area contributed by atoms with E-state index >= 15 is 0 Å². The average molecular weight is 420 g/mol. The van der Waals surface area contributed by atoms with Gasteiger partial charge in [-0.2, -0.15) is 0 Å². The van der Waals surface area contributed by atoms with Crippen LogP contribution in [0.1, 0.15) is 21.5 Å². The maximum Gasteiger partial charge on any atom is 0.277 e. The minimum absolute atomic E-state index is 0.177. The van der Waals surface area contributed by atoms with E-state index in [1.807, 2.05) is 12.1 Å². The van der Waals surface area contributed by atoms with Crippen LogP contribution in [0.25, 0.3) is 21.0 Å². The van der Waals surface area contributed by atoms with Crippen LogP contribution < -0.4 is 5.32 Å². The van der Waals surface area contributed by atoms with Gasteiger partial charge in [-0.3, -0.25) is 30.3 Å². The number of nitro benzene ring substituents is 2. The molecule has 0 saturated heterocycles. The Morgan fingerprint density at radius 1 is 1.00 bits per heavy atom. The van der Waals surface area contributed by atoms with Crippen molar-refractivity contribution in [2.75, 3.05) is 5.32 Å². The van der Waals surface area contributed by atoms with Gasteiger partial charge in [-0.1, -0.05) is 29.5 Å². The molecule has 0 aliphatic heterocycles. The maximum atomic E-state index is 12.6. The second kappa shape index (κ2) is 6.56. The number of hydrogen-bond acceptors (Lipinski definition) is 7. The molecule has 0 bridgehead atoms. The van der Waals surface area contributed by atoms with Crippen molar-refractivity contribution in [3.63, 3.8) is 0 Å². The van der Waals surface area contributed by atoms with Crippen molar-refractivity contribution in [2.24, 2.45) is 0 Å². The van der Waals surface area contributed by atoms with Gasteiger partial charge in [0.15, 0.2) is 5.13 Å². The number of nitrogens with zero attached hydrogens (tertiary/aromatic N) is 3. The predicted molar refractivity (Wildman–Crippen MR) is 112 cm³/mol. The minimum atomic E-state index is -0.773. The summed E-state index contributed by atoms with van der Waals surface area (Å²) in [5.41, 5.74) is 2.09. The third-order valence-corrected chi connectivity index (χ3v) is 6.07. The summed E-state index contributed by atoms with van der Waals surface area (Å²) < 4.78 is 0.928. The second-order valence-electron chi connectivity index (χ2n) is 6.95. The zero-order valence-corrected chi connectivity index (χ0v) is 16.1. The average Bonchev–Trinajstić information content (AvgIpc) is 3.32. The van der Waals surface area contributed by atoms with E-state index in [0.29, 0.717) is 5.13 Å². The standard InChI is InChI=1S/C20H12N4O5S/c25-19(12-6-13(23(26)27)9-14(7-12)24(28)29)22-20-21-18-15-3-1-2-10-4-5-11(17(10)15)8-16(18)30-20/h1-3,6-9H,4-5H2,(H,21,22,25). The van der Waals surface area contributed by atoms with E-state index in [9.17, 15) is 25.0 Å². The number of aryl methyl sites for hydroxylation is 2. The summed E-state index contributed by atoms with van der Waals surface area (Å²) in [6.45, 7) is 0. The van der Waals surface area contributed by atoms with Crippen molar-refractivity contribution in [3.8, 4) is 0 Å². The van der Waals surface area contributed by atoms with Gasteiger partial charge in [-0.25, -0.2) is 4.98 Å². The van der Waals surface area contributed by atoms with Gasteiger partial charge in [-0.05, 0) is 35.4 Å². The highest BCUT2D eigenvalue weighted by Crippen LogP contribution is 2.39. The molecule has 148 valence electrons. The Bertz CT molecular complexity index is 1380. The van der Waals surface area contributed by atoms with Crippen molar-refractivity contribution < 1.29 is 14.6 Å². The maximum absolute atomic E-state index is 12.6. The van der Waals surface area contributed by atoms with Crippen LogP contribution in [0.4, 0.5) is 16.5 Å². The SMILES string of the molecule is O=C(Nc1nc2c(cc3c4c(cccc42)CC3)s1)c1cc([N+](=O)[O-])cc([N+](=O)[O-])c1. The van der Waals surface area contributed by atoms with Crippen LogP contribution in [0.3, 0.4) is 0 Å². The number of thiazole rings is 1. The number of carbonyl (C=O) groups excluding carboxylic acids is 1. The van der Waals surface area contributed by atoms with E-state index in [1.165, 1.54) is 27.8 Å². The summed E-state index contributed by atoms with van der Waals surface area (Å²) in [5.74, 6) is -0.696. The number of anilines is 1. The largest absolute Gasteiger partial charge is 0.298 e. The Balaban J connectivity index is 1.54. The van der Waals surface area contributed by atoms with E-state index in [-0.39, 0.29) is 5.56 Å². The molecule has 1 heterocycles. The zero-order chi connectivity index (χ0) is 21.0. The first kappa shape index (κ1) is 18.1. The number of nitro groups is 2. The van der Waals surface area contributed by atoms with Crippen LogP contribution in [0, 0.1) is 20.2 Å². The molecule has 0 radical (unpaired) electrons. The normalized spacial score (nSPS) is 12.4. The molecule has 1 N–H and O–H groups in total. The summed E-state index contributed by atoms with van der Waals surface area (Å²) in [5, 5.41) is 27.3. The van der Waals surface area contributed by atoms with Crippen molar-refractivity contribution in [2.45, 2.75) is 12.8 Å². The summed E-state index contributed by atoms with van der Waals surface area (Å²) in [6.07, 6.45) is 1.96. The number of carbonyl (C=O) groups is 1. The van der Waals surface area contributed by atoms with Gasteiger partial charge >= 0.3 is 0 Å². The lowest BCUT2D eigenvalue weighted by Gasteiger charge is -2.02. The van der Waals surface area contributed by atoms with E-state index < -0.39 is 27.1 Å². The zero-order valence-electron chi connectivity index (χ0n) is 15.2. The Labute approximate surface area is 172 Å². The Kier molecular flexibility index (Phi) is 3.97. The van der Waals surface area contributed by atoms with Gasteiger partial charge < -0.3 is 0 Å². The molecule has 0 unspecified atom stereocenters. The van der Waals surface area contributed by atoms with Gasteiger partial charge in [0.2, 0.25) is 0 Å². The number of hydrogen-bond donors (Lipinski definition) is 1. The number of fused-ring (bicyclic) bond motifs is 2. The van der Waals surface area contributed by atoms with Gasteiger partial charge in [-0.15, -0.1) is 0 Å². The van der Waals surface area contributed by atoms with Crippen molar-refractivity contribution in [3.05, 3.63) is 79.4 Å². The smallest absolute Gasteiger partial charge is 0.277 e. The Morgan fingerprint density at radius 2 is 1.70 bits per heavy atom. The highest BCUT2D eigenvalue weighted by molar-refractivity contribution is 7.22. The third-order valence-electron chi connectivity index (χ3n) is 5.16. The first-order valence-electron chi connectivity index (χ1n) is 9.00. The van der Waals surface area contributed by atoms with Crippen LogP contribution in [0.15, 0.2) is 42.5 Å². The fourth-order valence-corrected chi connectivity index (χ4v) is 4.81. The lowest BCUT2D eigenvalue weighted by Crippen LogP contribution is -2.12. The molecular formula is C20H12N4O5S. The van der Waals surface area contributed by atoms with Crippen LogP contribution in [-0.4, -0.2) is 20.7 Å². The molecule has 1 aliphatic rings. The highest BCUT2D eigenvalue weighted by atomic mass is 32.1. The van der Waals surface area contributed by atoms with Gasteiger partial charge in [0.1, 0.15) is 0 Å². The molecule has 0 atom stereocenters. The van der Waals surface area contributed by atoms with Crippen molar-refractivity contribution in [1.82, 2.24) is 4.98 Å². The number of nitrogens with one attached hydrogen (secondary N) is 1. The summed E-state index contributed by atoms with van der Waals surface area (Å²) >= 11 is 1.30. The molecule has 30 heavy (non-hydrogen) atoms. The molecule has 5 rings (SSSR count). The fourth-order valence-electron chi connectivity index (χ4n) is 3.86. The Morgan fingerprint density at radius 3 is 2.40 bits per heavy atom. The monoisotopic (exact) mass is 420 g/mol. The van der Waals surface area contributed by atoms with Crippen LogP contribution in [0.5, 0.6) is 0 Å². The molecule has 1 aromatic heterocycles. The molecule has 9 nitrogen and oxygen atoms in total. The highest BCUT2D eigenvalue weighted by Gasteiger charge is 2.22. The molecule has 1 aliphatic carbocycles. The minimum Gasteiger partial charge on any atom is -0.298 e. The lowest BCUT2D eigenvalue weighted by molar-refractivity contribution is -0.394. The number of amides is 1. The van der Waals surface area contributed by atoms with Crippen molar-refractivity contribution in [1.29, 1.82) is 0 Å². The van der Waals surface area contributed by atoms with Gasteiger partial charge in [0.05, 0.1) is 31.7 Å². The lowest BCUT2D eigenvalue weighted by atomic mass is 10.0. The summed E-state index contributed by atoms with van der Waals surface area (Å²) in [6, 6.07) is 11.0. The van der Waals surface area contributed by atoms with E-state index in [0.717, 1.165) is 46.6 Å². The Hall–Kier alpha value is -3.92. The number of aromatic nitrogens is 1. The molecular weight excluding hydrogens is 408 g/mol. The quantitative estimate of drug-likeness (QED) is 0.379. The molecule has 10 heteroatoms.